The molecule has 1 unspecified atom stereocenters. The Balaban J connectivity index is 2.28. The van der Waals surface area contributed by atoms with Crippen LogP contribution in [0.25, 0.3) is 0 Å². The maximum Gasteiger partial charge on any atom is 0.415 e. The van der Waals surface area contributed by atoms with E-state index in [2.05, 4.69) is 5.32 Å². The van der Waals surface area contributed by atoms with Crippen LogP contribution in [0.1, 0.15) is 19.4 Å². The second-order valence-corrected chi connectivity index (χ2v) is 3.83. The van der Waals surface area contributed by atoms with Crippen LogP contribution in [-0.4, -0.2) is 18.6 Å². The van der Waals surface area contributed by atoms with Gasteiger partial charge < -0.3 is 9.47 Å². The highest BCUT2D eigenvalue weighted by atomic mass is 16.6. The van der Waals surface area contributed by atoms with Gasteiger partial charge in [-0.3, -0.25) is 10.1 Å². The Labute approximate surface area is 98.7 Å². The predicted molar refractivity (Wildman–Crippen MR) is 59.6 cm³/mol. The van der Waals surface area contributed by atoms with Crippen molar-refractivity contribution >= 4 is 12.0 Å². The Morgan fingerprint density at radius 3 is 2.41 bits per heavy atom. The Hall–Kier alpha value is -2.04. The van der Waals surface area contributed by atoms with Crippen LogP contribution in [0.2, 0.25) is 0 Å². The largest absolute Gasteiger partial charge is 0.494 e. The third-order valence-electron chi connectivity index (χ3n) is 2.66. The summed E-state index contributed by atoms with van der Waals surface area (Å²) in [5.74, 6) is 0.260. The van der Waals surface area contributed by atoms with Gasteiger partial charge in [0.05, 0.1) is 6.61 Å². The molecule has 0 aliphatic carbocycles. The molecule has 1 aromatic rings. The SMILES string of the molecule is CCOc1ccc(C2(C)OC(=O)NC2=O)cc1. The van der Waals surface area contributed by atoms with Crippen LogP contribution in [-0.2, 0) is 15.1 Å². The quantitative estimate of drug-likeness (QED) is 0.863. The van der Waals surface area contributed by atoms with E-state index in [-0.39, 0.29) is 0 Å². The molecule has 1 heterocycles. The Bertz CT molecular complexity index is 454. The van der Waals surface area contributed by atoms with Crippen LogP contribution in [0, 0.1) is 0 Å². The van der Waals surface area contributed by atoms with Gasteiger partial charge in [-0.25, -0.2) is 4.79 Å². The highest BCUT2D eigenvalue weighted by Gasteiger charge is 2.46. The molecular formula is C12H13NO4. The van der Waals surface area contributed by atoms with Gasteiger partial charge in [0.25, 0.3) is 5.91 Å². The molecule has 1 aliphatic heterocycles. The molecule has 17 heavy (non-hydrogen) atoms. The molecule has 0 saturated carbocycles. The van der Waals surface area contributed by atoms with Crippen molar-refractivity contribution in [2.45, 2.75) is 19.4 Å². The summed E-state index contributed by atoms with van der Waals surface area (Å²) in [5.41, 5.74) is -0.633. The van der Waals surface area contributed by atoms with E-state index in [0.29, 0.717) is 17.9 Å². The molecule has 1 fully saturated rings. The Kier molecular flexibility index (Phi) is 2.75. The zero-order chi connectivity index (χ0) is 12.5. The molecule has 2 amide bonds. The fourth-order valence-electron chi connectivity index (χ4n) is 1.70. The van der Waals surface area contributed by atoms with Gasteiger partial charge in [-0.05, 0) is 26.0 Å². The summed E-state index contributed by atoms with van der Waals surface area (Å²) >= 11 is 0. The molecule has 0 radical (unpaired) electrons. The number of carbonyl (C=O) groups excluding carboxylic acids is 2. The lowest BCUT2D eigenvalue weighted by Gasteiger charge is -2.19. The number of hydrogen-bond acceptors (Lipinski definition) is 4. The first-order chi connectivity index (χ1) is 8.06. The minimum absolute atomic E-state index is 0.452. The molecule has 0 spiro atoms. The van der Waals surface area contributed by atoms with Crippen molar-refractivity contribution in [1.82, 2.24) is 5.32 Å². The van der Waals surface area contributed by atoms with Crippen LogP contribution >= 0.6 is 0 Å². The van der Waals surface area contributed by atoms with Crippen LogP contribution in [0.3, 0.4) is 0 Å². The molecule has 1 aliphatic rings. The molecule has 2 rings (SSSR count). The second-order valence-electron chi connectivity index (χ2n) is 3.83. The lowest BCUT2D eigenvalue weighted by atomic mass is 9.95. The zero-order valence-corrected chi connectivity index (χ0v) is 9.65. The minimum Gasteiger partial charge on any atom is -0.494 e. The summed E-state index contributed by atoms with van der Waals surface area (Å²) in [5, 5.41) is 2.11. The molecule has 1 aromatic carbocycles. The van der Waals surface area contributed by atoms with Crippen molar-refractivity contribution in [3.8, 4) is 5.75 Å². The van der Waals surface area contributed by atoms with Crippen LogP contribution in [0.4, 0.5) is 4.79 Å². The fraction of sp³-hybridized carbons (Fsp3) is 0.333. The van der Waals surface area contributed by atoms with Gasteiger partial charge in [0.1, 0.15) is 5.75 Å². The summed E-state index contributed by atoms with van der Waals surface area (Å²) < 4.78 is 10.3. The van der Waals surface area contributed by atoms with Crippen molar-refractivity contribution < 1.29 is 19.1 Å². The van der Waals surface area contributed by atoms with E-state index >= 15 is 0 Å². The highest BCUT2D eigenvalue weighted by molar-refractivity contribution is 6.03. The number of amides is 2. The molecular weight excluding hydrogens is 222 g/mol. The number of ether oxygens (including phenoxy) is 2. The summed E-state index contributed by atoms with van der Waals surface area (Å²) in [6.45, 7) is 4.02. The number of imide groups is 1. The maximum atomic E-state index is 11.6. The lowest BCUT2D eigenvalue weighted by Crippen LogP contribution is -2.33. The van der Waals surface area contributed by atoms with E-state index in [1.807, 2.05) is 6.92 Å². The highest BCUT2D eigenvalue weighted by Crippen LogP contribution is 2.30. The molecule has 0 aromatic heterocycles. The maximum absolute atomic E-state index is 11.6. The summed E-state index contributed by atoms with van der Waals surface area (Å²) in [4.78, 5) is 22.7. The Morgan fingerprint density at radius 1 is 1.29 bits per heavy atom. The first-order valence-electron chi connectivity index (χ1n) is 5.34. The Morgan fingerprint density at radius 2 is 1.94 bits per heavy atom. The van der Waals surface area contributed by atoms with E-state index < -0.39 is 17.6 Å². The summed E-state index contributed by atoms with van der Waals surface area (Å²) in [7, 11) is 0. The average Bonchev–Trinajstić information content (AvgIpc) is 2.55. The number of benzene rings is 1. The van der Waals surface area contributed by atoms with Gasteiger partial charge in [-0.2, -0.15) is 0 Å². The minimum atomic E-state index is -1.25. The molecule has 90 valence electrons. The standard InChI is InChI=1S/C12H13NO4/c1-3-16-9-6-4-8(5-7-9)12(2)10(14)13-11(15)17-12/h4-7H,3H2,1-2H3,(H,13,14,15). The summed E-state index contributed by atoms with van der Waals surface area (Å²) in [6, 6.07) is 6.90. The number of hydrogen-bond donors (Lipinski definition) is 1. The van der Waals surface area contributed by atoms with Gasteiger partial charge in [0.2, 0.25) is 5.60 Å². The van der Waals surface area contributed by atoms with Crippen molar-refractivity contribution in [2.75, 3.05) is 6.61 Å². The van der Waals surface area contributed by atoms with Gasteiger partial charge in [0.15, 0.2) is 0 Å². The van der Waals surface area contributed by atoms with Crippen molar-refractivity contribution in [3.63, 3.8) is 0 Å². The van der Waals surface area contributed by atoms with Crippen molar-refractivity contribution in [2.24, 2.45) is 0 Å². The van der Waals surface area contributed by atoms with Crippen LogP contribution < -0.4 is 10.1 Å². The van der Waals surface area contributed by atoms with E-state index in [0.717, 1.165) is 0 Å². The normalized spacial score (nSPS) is 23.2. The smallest absolute Gasteiger partial charge is 0.415 e. The molecule has 1 atom stereocenters. The van der Waals surface area contributed by atoms with Crippen LogP contribution in [0.5, 0.6) is 5.75 Å². The lowest BCUT2D eigenvalue weighted by molar-refractivity contribution is -0.130. The predicted octanol–water partition coefficient (Wildman–Crippen LogP) is 1.57. The number of nitrogens with one attached hydrogen (secondary N) is 1. The van der Waals surface area contributed by atoms with Gasteiger partial charge >= 0.3 is 6.09 Å². The van der Waals surface area contributed by atoms with Crippen LogP contribution in [0.15, 0.2) is 24.3 Å². The number of carbonyl (C=O) groups is 2. The van der Waals surface area contributed by atoms with Crippen molar-refractivity contribution in [1.29, 1.82) is 0 Å². The first-order valence-corrected chi connectivity index (χ1v) is 5.34. The van der Waals surface area contributed by atoms with E-state index in [1.54, 1.807) is 31.2 Å². The zero-order valence-electron chi connectivity index (χ0n) is 9.65. The molecule has 1 saturated heterocycles. The second kappa shape index (κ2) is 4.08. The first kappa shape index (κ1) is 11.4. The fourth-order valence-corrected chi connectivity index (χ4v) is 1.70. The number of cyclic esters (lactones) is 1. The molecule has 5 nitrogen and oxygen atoms in total. The topological polar surface area (TPSA) is 64.6 Å². The van der Waals surface area contributed by atoms with E-state index in [4.69, 9.17) is 9.47 Å². The van der Waals surface area contributed by atoms with Gasteiger partial charge in [-0.1, -0.05) is 12.1 Å². The van der Waals surface area contributed by atoms with Gasteiger partial charge in [0, 0.05) is 5.56 Å². The van der Waals surface area contributed by atoms with Crippen molar-refractivity contribution in [3.05, 3.63) is 29.8 Å². The third-order valence-corrected chi connectivity index (χ3v) is 2.66. The van der Waals surface area contributed by atoms with Gasteiger partial charge in [-0.15, -0.1) is 0 Å². The number of alkyl carbamates (subject to hydrolysis) is 1. The molecule has 1 N–H and O–H groups in total. The molecule has 0 bridgehead atoms. The molecule has 5 heteroatoms. The summed E-state index contributed by atoms with van der Waals surface area (Å²) in [6.07, 6.45) is -0.716. The number of rotatable bonds is 3. The average molecular weight is 235 g/mol. The monoisotopic (exact) mass is 235 g/mol. The van der Waals surface area contributed by atoms with E-state index in [9.17, 15) is 9.59 Å². The third kappa shape index (κ3) is 1.95. The van der Waals surface area contributed by atoms with E-state index in [1.165, 1.54) is 0 Å².